The van der Waals surface area contributed by atoms with Crippen molar-refractivity contribution in [3.63, 3.8) is 0 Å². The molecule has 3 rings (SSSR count). The lowest BCUT2D eigenvalue weighted by molar-refractivity contribution is -0.139. The standard InChI is InChI=1S/C28H33N3O4S/c1-21-12-11-13-22(2)27(21)31(36(4,34)35)20-26(32)30(19-24-16-9-6-10-17-24)25(28(33)29-3)18-23-14-7-5-8-15-23/h5-17,25H,18-20H2,1-4H3,(H,29,33). The minimum Gasteiger partial charge on any atom is -0.357 e. The molecule has 0 saturated carbocycles. The van der Waals surface area contributed by atoms with Gasteiger partial charge in [-0.2, -0.15) is 0 Å². The van der Waals surface area contributed by atoms with E-state index < -0.39 is 28.5 Å². The van der Waals surface area contributed by atoms with E-state index in [-0.39, 0.29) is 12.5 Å². The Labute approximate surface area is 213 Å². The first kappa shape index (κ1) is 26.9. The Bertz CT molecular complexity index is 1270. The van der Waals surface area contributed by atoms with Gasteiger partial charge in [0.2, 0.25) is 21.8 Å². The average Bonchev–Trinajstić information content (AvgIpc) is 2.85. The third-order valence-electron chi connectivity index (χ3n) is 6.08. The average molecular weight is 508 g/mol. The summed E-state index contributed by atoms with van der Waals surface area (Å²) in [7, 11) is -2.26. The second-order valence-electron chi connectivity index (χ2n) is 8.84. The van der Waals surface area contributed by atoms with Crippen molar-refractivity contribution in [3.8, 4) is 0 Å². The number of likely N-dealkylation sites (N-methyl/N-ethyl adjacent to an activating group) is 1. The Kier molecular flexibility index (Phi) is 8.88. The van der Waals surface area contributed by atoms with E-state index in [1.165, 1.54) is 11.9 Å². The number of aryl methyl sites for hydroxylation is 2. The highest BCUT2D eigenvalue weighted by atomic mass is 32.2. The summed E-state index contributed by atoms with van der Waals surface area (Å²) in [6, 6.07) is 23.5. The van der Waals surface area contributed by atoms with E-state index in [2.05, 4.69) is 5.32 Å². The van der Waals surface area contributed by atoms with Crippen molar-refractivity contribution in [2.24, 2.45) is 0 Å². The van der Waals surface area contributed by atoms with E-state index in [9.17, 15) is 18.0 Å². The molecule has 0 saturated heterocycles. The second kappa shape index (κ2) is 11.9. The number of hydrogen-bond acceptors (Lipinski definition) is 4. The van der Waals surface area contributed by atoms with E-state index in [4.69, 9.17) is 0 Å². The summed E-state index contributed by atoms with van der Waals surface area (Å²) < 4.78 is 26.9. The number of carbonyl (C=O) groups excluding carboxylic acids is 2. The SMILES string of the molecule is CNC(=O)C(Cc1ccccc1)N(Cc1ccccc1)C(=O)CN(c1c(C)cccc1C)S(C)(=O)=O. The highest BCUT2D eigenvalue weighted by Gasteiger charge is 2.33. The van der Waals surface area contributed by atoms with E-state index >= 15 is 0 Å². The van der Waals surface area contributed by atoms with Crippen molar-refractivity contribution < 1.29 is 18.0 Å². The number of anilines is 1. The van der Waals surface area contributed by atoms with Crippen LogP contribution < -0.4 is 9.62 Å². The molecule has 190 valence electrons. The summed E-state index contributed by atoms with van der Waals surface area (Å²) in [5.41, 5.74) is 3.70. The Morgan fingerprint density at radius 2 is 1.36 bits per heavy atom. The maximum Gasteiger partial charge on any atom is 0.244 e. The van der Waals surface area contributed by atoms with Gasteiger partial charge >= 0.3 is 0 Å². The molecule has 0 spiro atoms. The van der Waals surface area contributed by atoms with E-state index in [0.29, 0.717) is 12.1 Å². The zero-order chi connectivity index (χ0) is 26.3. The van der Waals surface area contributed by atoms with Crippen LogP contribution in [0.3, 0.4) is 0 Å². The van der Waals surface area contributed by atoms with Crippen LogP contribution in [0.4, 0.5) is 5.69 Å². The summed E-state index contributed by atoms with van der Waals surface area (Å²) >= 11 is 0. The van der Waals surface area contributed by atoms with Crippen LogP contribution in [0.2, 0.25) is 0 Å². The fraction of sp³-hybridized carbons (Fsp3) is 0.286. The minimum absolute atomic E-state index is 0.162. The summed E-state index contributed by atoms with van der Waals surface area (Å²) in [6.07, 6.45) is 1.38. The second-order valence-corrected chi connectivity index (χ2v) is 10.7. The largest absolute Gasteiger partial charge is 0.357 e. The van der Waals surface area contributed by atoms with Gasteiger partial charge < -0.3 is 10.2 Å². The highest BCUT2D eigenvalue weighted by Crippen LogP contribution is 2.27. The molecule has 0 heterocycles. The van der Waals surface area contributed by atoms with Gasteiger partial charge in [0.05, 0.1) is 11.9 Å². The molecule has 8 heteroatoms. The Balaban J connectivity index is 2.04. The van der Waals surface area contributed by atoms with Gasteiger partial charge in [0.1, 0.15) is 12.6 Å². The molecule has 1 atom stereocenters. The predicted molar refractivity (Wildman–Crippen MR) is 143 cm³/mol. The monoisotopic (exact) mass is 507 g/mol. The summed E-state index contributed by atoms with van der Waals surface area (Å²) in [6.45, 7) is 3.37. The van der Waals surface area contributed by atoms with Gasteiger partial charge in [-0.3, -0.25) is 13.9 Å². The first-order valence-electron chi connectivity index (χ1n) is 11.7. The zero-order valence-electron chi connectivity index (χ0n) is 21.1. The van der Waals surface area contributed by atoms with Crippen LogP contribution >= 0.6 is 0 Å². The Hall–Kier alpha value is -3.65. The van der Waals surface area contributed by atoms with Crippen LogP contribution in [0.1, 0.15) is 22.3 Å². The molecule has 0 aliphatic rings. The van der Waals surface area contributed by atoms with Crippen molar-refractivity contribution in [1.29, 1.82) is 0 Å². The molecular formula is C28H33N3O4S. The third-order valence-corrected chi connectivity index (χ3v) is 7.19. The molecule has 1 N–H and O–H groups in total. The third kappa shape index (κ3) is 6.73. The van der Waals surface area contributed by atoms with Gasteiger partial charge in [0.25, 0.3) is 0 Å². The molecule has 3 aromatic carbocycles. The van der Waals surface area contributed by atoms with E-state index in [1.807, 2.05) is 92.7 Å². The van der Waals surface area contributed by atoms with Gasteiger partial charge in [-0.05, 0) is 36.1 Å². The molecule has 0 aliphatic heterocycles. The van der Waals surface area contributed by atoms with Crippen LogP contribution in [0.15, 0.2) is 78.9 Å². The van der Waals surface area contributed by atoms with Crippen LogP contribution in [-0.4, -0.2) is 51.0 Å². The van der Waals surface area contributed by atoms with Gasteiger partial charge in [-0.25, -0.2) is 8.42 Å². The molecule has 2 amide bonds. The molecule has 7 nitrogen and oxygen atoms in total. The summed E-state index contributed by atoms with van der Waals surface area (Å²) in [4.78, 5) is 28.4. The number of amides is 2. The van der Waals surface area contributed by atoms with Crippen LogP contribution in [0.5, 0.6) is 0 Å². The van der Waals surface area contributed by atoms with Crippen molar-refractivity contribution in [2.45, 2.75) is 32.9 Å². The van der Waals surface area contributed by atoms with Gasteiger partial charge in [-0.1, -0.05) is 78.9 Å². The minimum atomic E-state index is -3.79. The maximum atomic E-state index is 13.9. The first-order valence-corrected chi connectivity index (χ1v) is 13.6. The van der Waals surface area contributed by atoms with Crippen molar-refractivity contribution in [1.82, 2.24) is 10.2 Å². The normalized spacial score (nSPS) is 12.0. The summed E-state index contributed by atoms with van der Waals surface area (Å²) in [5, 5.41) is 2.68. The number of carbonyl (C=O) groups is 2. The molecule has 3 aromatic rings. The smallest absolute Gasteiger partial charge is 0.244 e. The highest BCUT2D eigenvalue weighted by molar-refractivity contribution is 7.92. The molecule has 1 unspecified atom stereocenters. The van der Waals surface area contributed by atoms with Crippen molar-refractivity contribution >= 4 is 27.5 Å². The lowest BCUT2D eigenvalue weighted by Crippen LogP contribution is -2.53. The number of sulfonamides is 1. The first-order chi connectivity index (χ1) is 17.1. The number of nitrogens with zero attached hydrogens (tertiary/aromatic N) is 2. The number of rotatable bonds is 10. The molecule has 0 aromatic heterocycles. The van der Waals surface area contributed by atoms with Crippen molar-refractivity contribution in [3.05, 3.63) is 101 Å². The fourth-order valence-corrected chi connectivity index (χ4v) is 5.24. The lowest BCUT2D eigenvalue weighted by Gasteiger charge is -2.34. The lowest BCUT2D eigenvalue weighted by atomic mass is 10.0. The number of para-hydroxylation sites is 1. The van der Waals surface area contributed by atoms with Gasteiger partial charge in [0.15, 0.2) is 0 Å². The van der Waals surface area contributed by atoms with Gasteiger partial charge in [0, 0.05) is 20.0 Å². The molecule has 0 radical (unpaired) electrons. The number of hydrogen-bond donors (Lipinski definition) is 1. The van der Waals surface area contributed by atoms with Gasteiger partial charge in [-0.15, -0.1) is 0 Å². The Morgan fingerprint density at radius 3 is 1.86 bits per heavy atom. The molecule has 36 heavy (non-hydrogen) atoms. The van der Waals surface area contributed by atoms with Crippen molar-refractivity contribution in [2.75, 3.05) is 24.2 Å². The predicted octanol–water partition coefficient (Wildman–Crippen LogP) is 3.46. The number of benzene rings is 3. The molecular weight excluding hydrogens is 474 g/mol. The molecule has 0 aliphatic carbocycles. The van der Waals surface area contributed by atoms with Crippen LogP contribution in [0, 0.1) is 13.8 Å². The van der Waals surface area contributed by atoms with Crippen LogP contribution in [0.25, 0.3) is 0 Å². The van der Waals surface area contributed by atoms with Crippen LogP contribution in [-0.2, 0) is 32.6 Å². The van der Waals surface area contributed by atoms with E-state index in [0.717, 1.165) is 32.8 Å². The fourth-order valence-electron chi connectivity index (χ4n) is 4.28. The topological polar surface area (TPSA) is 86.8 Å². The quantitative estimate of drug-likeness (QED) is 0.455. The van der Waals surface area contributed by atoms with E-state index in [1.54, 1.807) is 0 Å². The maximum absolute atomic E-state index is 13.9. The zero-order valence-corrected chi connectivity index (χ0v) is 22.0. The molecule has 0 bridgehead atoms. The number of nitrogens with one attached hydrogen (secondary N) is 1. The summed E-state index contributed by atoms with van der Waals surface area (Å²) in [5.74, 6) is -0.780. The Morgan fingerprint density at radius 1 is 0.833 bits per heavy atom. The molecule has 0 fully saturated rings.